The molecule has 1 aliphatic rings. The van der Waals surface area contributed by atoms with Crippen LogP contribution in [0.5, 0.6) is 0 Å². The molecule has 3 aromatic rings. The van der Waals surface area contributed by atoms with Gasteiger partial charge in [-0.2, -0.15) is 10.4 Å². The number of amides is 1. The largest absolute Gasteiger partial charge is 0.312 e. The molecule has 1 aromatic heterocycles. The highest BCUT2D eigenvalue weighted by atomic mass is 16.2. The summed E-state index contributed by atoms with van der Waals surface area (Å²) in [4.78, 5) is 14.7. The Labute approximate surface area is 151 Å². The molecule has 1 aliphatic heterocycles. The monoisotopic (exact) mass is 342 g/mol. The van der Waals surface area contributed by atoms with Crippen molar-refractivity contribution >= 4 is 11.6 Å². The van der Waals surface area contributed by atoms with Crippen molar-refractivity contribution in [1.82, 2.24) is 10.2 Å². The van der Waals surface area contributed by atoms with Gasteiger partial charge in [0.05, 0.1) is 17.8 Å². The van der Waals surface area contributed by atoms with Gasteiger partial charge in [0.2, 0.25) is 5.91 Å². The van der Waals surface area contributed by atoms with Gasteiger partial charge < -0.3 is 4.90 Å². The van der Waals surface area contributed by atoms with E-state index in [0.717, 1.165) is 35.3 Å². The molecule has 5 heteroatoms. The van der Waals surface area contributed by atoms with Crippen molar-refractivity contribution in [2.24, 2.45) is 5.92 Å². The maximum atomic E-state index is 12.8. The zero-order chi connectivity index (χ0) is 17.9. The molecule has 1 N–H and O–H groups in total. The van der Waals surface area contributed by atoms with Crippen molar-refractivity contribution in [3.63, 3.8) is 0 Å². The van der Waals surface area contributed by atoms with Gasteiger partial charge >= 0.3 is 0 Å². The lowest BCUT2D eigenvalue weighted by atomic mass is 9.97. The van der Waals surface area contributed by atoms with Gasteiger partial charge in [-0.3, -0.25) is 9.89 Å². The van der Waals surface area contributed by atoms with Crippen molar-refractivity contribution in [3.05, 3.63) is 72.1 Å². The Morgan fingerprint density at radius 2 is 2.04 bits per heavy atom. The van der Waals surface area contributed by atoms with Crippen LogP contribution < -0.4 is 4.90 Å². The smallest absolute Gasteiger partial charge is 0.230 e. The first-order valence-corrected chi connectivity index (χ1v) is 8.64. The zero-order valence-corrected chi connectivity index (χ0v) is 14.2. The van der Waals surface area contributed by atoms with E-state index in [4.69, 9.17) is 5.26 Å². The molecule has 0 saturated carbocycles. The van der Waals surface area contributed by atoms with Gasteiger partial charge in [-0.1, -0.05) is 24.3 Å². The Balaban J connectivity index is 1.47. The number of anilines is 1. The van der Waals surface area contributed by atoms with E-state index in [1.807, 2.05) is 53.6 Å². The molecule has 0 spiro atoms. The number of rotatable bonds is 4. The lowest BCUT2D eigenvalue weighted by molar-refractivity contribution is -0.120. The van der Waals surface area contributed by atoms with Crippen LogP contribution in [0.4, 0.5) is 5.69 Å². The molecule has 2 aromatic carbocycles. The third-order valence-corrected chi connectivity index (χ3v) is 4.87. The average molecular weight is 342 g/mol. The molecule has 26 heavy (non-hydrogen) atoms. The van der Waals surface area contributed by atoms with E-state index in [2.05, 4.69) is 16.3 Å². The maximum absolute atomic E-state index is 12.8. The highest BCUT2D eigenvalue weighted by Gasteiger charge is 2.32. The van der Waals surface area contributed by atoms with Crippen LogP contribution in [-0.2, 0) is 11.2 Å². The molecular formula is C21H18N4O. The fraction of sp³-hybridized carbons (Fsp3) is 0.190. The molecule has 128 valence electrons. The molecule has 0 unspecified atom stereocenters. The summed E-state index contributed by atoms with van der Waals surface area (Å²) in [6, 6.07) is 17.7. The van der Waals surface area contributed by atoms with Gasteiger partial charge in [-0.15, -0.1) is 0 Å². The van der Waals surface area contributed by atoms with Gasteiger partial charge in [-0.05, 0) is 48.2 Å². The topological polar surface area (TPSA) is 72.8 Å². The van der Waals surface area contributed by atoms with Crippen LogP contribution in [0.1, 0.15) is 17.5 Å². The Kier molecular flexibility index (Phi) is 4.24. The van der Waals surface area contributed by atoms with E-state index < -0.39 is 0 Å². The zero-order valence-electron chi connectivity index (χ0n) is 14.2. The van der Waals surface area contributed by atoms with E-state index in [9.17, 15) is 4.79 Å². The van der Waals surface area contributed by atoms with Crippen LogP contribution in [0.2, 0.25) is 0 Å². The normalized spacial score (nSPS) is 16.7. The molecule has 1 amide bonds. The summed E-state index contributed by atoms with van der Waals surface area (Å²) in [5, 5.41) is 15.8. The number of benzene rings is 2. The van der Waals surface area contributed by atoms with Crippen LogP contribution in [0.25, 0.3) is 11.1 Å². The molecule has 2 heterocycles. The first kappa shape index (κ1) is 16.1. The summed E-state index contributed by atoms with van der Waals surface area (Å²) in [6.45, 7) is 0.729. The SMILES string of the molecule is N#Cc1cccc(C[C@@H]2CCN(c3ccc(-c4cn[nH]c4)cc3)C2=O)c1. The summed E-state index contributed by atoms with van der Waals surface area (Å²) in [5.41, 5.74) is 4.70. The van der Waals surface area contributed by atoms with Crippen molar-refractivity contribution < 1.29 is 4.79 Å². The van der Waals surface area contributed by atoms with Crippen LogP contribution in [0, 0.1) is 17.2 Å². The van der Waals surface area contributed by atoms with Crippen molar-refractivity contribution in [2.45, 2.75) is 12.8 Å². The minimum Gasteiger partial charge on any atom is -0.312 e. The summed E-state index contributed by atoms with van der Waals surface area (Å²) in [7, 11) is 0. The number of aromatic nitrogens is 2. The Bertz CT molecular complexity index is 954. The first-order valence-electron chi connectivity index (χ1n) is 8.64. The number of nitrogens with one attached hydrogen (secondary N) is 1. The number of nitrogens with zero attached hydrogens (tertiary/aromatic N) is 3. The molecular weight excluding hydrogens is 324 g/mol. The minimum atomic E-state index is -0.0301. The van der Waals surface area contributed by atoms with Gasteiger partial charge in [0.15, 0.2) is 0 Å². The van der Waals surface area contributed by atoms with E-state index in [1.165, 1.54) is 0 Å². The maximum Gasteiger partial charge on any atom is 0.230 e. The summed E-state index contributed by atoms with van der Waals surface area (Å²) in [6.07, 6.45) is 5.14. The van der Waals surface area contributed by atoms with Gasteiger partial charge in [-0.25, -0.2) is 0 Å². The Hall–Kier alpha value is -3.39. The third kappa shape index (κ3) is 3.09. The van der Waals surface area contributed by atoms with E-state index in [1.54, 1.807) is 12.3 Å². The van der Waals surface area contributed by atoms with E-state index >= 15 is 0 Å². The molecule has 1 saturated heterocycles. The Morgan fingerprint density at radius 3 is 2.77 bits per heavy atom. The molecule has 0 bridgehead atoms. The number of aromatic amines is 1. The van der Waals surface area contributed by atoms with E-state index in [0.29, 0.717) is 12.0 Å². The number of hydrogen-bond acceptors (Lipinski definition) is 3. The van der Waals surface area contributed by atoms with Crippen LogP contribution >= 0.6 is 0 Å². The molecule has 0 aliphatic carbocycles. The number of H-pyrrole nitrogens is 1. The minimum absolute atomic E-state index is 0.0301. The van der Waals surface area contributed by atoms with Crippen molar-refractivity contribution in [3.8, 4) is 17.2 Å². The van der Waals surface area contributed by atoms with Crippen molar-refractivity contribution in [1.29, 1.82) is 5.26 Å². The van der Waals surface area contributed by atoms with Crippen LogP contribution in [-0.4, -0.2) is 22.6 Å². The van der Waals surface area contributed by atoms with Crippen molar-refractivity contribution in [2.75, 3.05) is 11.4 Å². The van der Waals surface area contributed by atoms with Gasteiger partial charge in [0.1, 0.15) is 0 Å². The second-order valence-corrected chi connectivity index (χ2v) is 6.53. The second kappa shape index (κ2) is 6.85. The summed E-state index contributed by atoms with van der Waals surface area (Å²) < 4.78 is 0. The molecule has 1 atom stereocenters. The first-order chi connectivity index (χ1) is 12.7. The quantitative estimate of drug-likeness (QED) is 0.788. The van der Waals surface area contributed by atoms with Gasteiger partial charge in [0, 0.05) is 29.9 Å². The molecule has 1 fully saturated rings. The second-order valence-electron chi connectivity index (χ2n) is 6.53. The van der Waals surface area contributed by atoms with Gasteiger partial charge in [0.25, 0.3) is 0 Å². The van der Waals surface area contributed by atoms with E-state index in [-0.39, 0.29) is 11.8 Å². The predicted molar refractivity (Wildman–Crippen MR) is 99.3 cm³/mol. The lowest BCUT2D eigenvalue weighted by Gasteiger charge is -2.17. The fourth-order valence-corrected chi connectivity index (χ4v) is 3.48. The predicted octanol–water partition coefficient (Wildman–Crippen LogP) is 3.54. The number of hydrogen-bond donors (Lipinski definition) is 1. The summed E-state index contributed by atoms with van der Waals surface area (Å²) in [5.74, 6) is 0.126. The number of carbonyl (C=O) groups excluding carboxylic acids is 1. The highest BCUT2D eigenvalue weighted by Crippen LogP contribution is 2.29. The number of carbonyl (C=O) groups is 1. The lowest BCUT2D eigenvalue weighted by Crippen LogP contribution is -2.27. The Morgan fingerprint density at radius 1 is 1.19 bits per heavy atom. The third-order valence-electron chi connectivity index (χ3n) is 4.87. The van der Waals surface area contributed by atoms with Crippen LogP contribution in [0.15, 0.2) is 60.9 Å². The standard InChI is InChI=1S/C21H18N4O/c22-12-16-3-1-2-15(10-16)11-18-8-9-25(21(18)26)20-6-4-17(5-7-20)19-13-23-24-14-19/h1-7,10,13-14,18H,8-9,11H2,(H,23,24)/t18-/m0/s1. The molecule has 0 radical (unpaired) electrons. The van der Waals surface area contributed by atoms with Crippen LogP contribution in [0.3, 0.4) is 0 Å². The molecule has 5 nitrogen and oxygen atoms in total. The number of nitriles is 1. The fourth-order valence-electron chi connectivity index (χ4n) is 3.48. The molecule has 4 rings (SSSR count). The average Bonchev–Trinajstić information content (AvgIpc) is 3.33. The summed E-state index contributed by atoms with van der Waals surface area (Å²) >= 11 is 0. The highest BCUT2D eigenvalue weighted by molar-refractivity contribution is 5.97.